The molecule has 8 heteroatoms. The van der Waals surface area contributed by atoms with Crippen molar-refractivity contribution in [2.45, 2.75) is 63.6 Å². The van der Waals surface area contributed by atoms with Gasteiger partial charge >= 0.3 is 5.97 Å². The highest BCUT2D eigenvalue weighted by atomic mass is 16.7. The summed E-state index contributed by atoms with van der Waals surface area (Å²) in [6, 6.07) is 15.3. The summed E-state index contributed by atoms with van der Waals surface area (Å²) in [7, 11) is 2.03. The fourth-order valence-corrected chi connectivity index (χ4v) is 4.40. The van der Waals surface area contributed by atoms with Crippen LogP contribution in [0.25, 0.3) is 0 Å². The molecule has 0 aliphatic carbocycles. The minimum absolute atomic E-state index is 0.00659. The van der Waals surface area contributed by atoms with E-state index < -0.39 is 12.3 Å². The van der Waals surface area contributed by atoms with Gasteiger partial charge in [0.25, 0.3) is 0 Å². The molecule has 1 aliphatic heterocycles. The van der Waals surface area contributed by atoms with Gasteiger partial charge in [0.2, 0.25) is 5.91 Å². The quantitative estimate of drug-likeness (QED) is 0.247. The third-order valence-electron chi connectivity index (χ3n) is 6.31. The van der Waals surface area contributed by atoms with Crippen molar-refractivity contribution in [2.24, 2.45) is 0 Å². The number of anilines is 1. The van der Waals surface area contributed by atoms with Gasteiger partial charge in [-0.15, -0.1) is 6.58 Å². The second-order valence-electron chi connectivity index (χ2n) is 9.49. The van der Waals surface area contributed by atoms with Gasteiger partial charge in [0, 0.05) is 43.6 Å². The molecular formula is C29H38N2O6. The zero-order valence-electron chi connectivity index (χ0n) is 21.5. The molecule has 0 unspecified atom stereocenters. The van der Waals surface area contributed by atoms with Crippen LogP contribution >= 0.6 is 0 Å². The number of carboxylic acids is 1. The summed E-state index contributed by atoms with van der Waals surface area (Å²) >= 11 is 0. The van der Waals surface area contributed by atoms with Gasteiger partial charge < -0.3 is 29.9 Å². The molecule has 1 aliphatic rings. The van der Waals surface area contributed by atoms with E-state index in [0.717, 1.165) is 29.8 Å². The molecule has 0 aromatic heterocycles. The Kier molecular flexibility index (Phi) is 11.3. The van der Waals surface area contributed by atoms with Crippen LogP contribution in [0.3, 0.4) is 0 Å². The minimum atomic E-state index is -0.813. The molecule has 1 saturated heterocycles. The van der Waals surface area contributed by atoms with Gasteiger partial charge in [-0.3, -0.25) is 9.59 Å². The summed E-state index contributed by atoms with van der Waals surface area (Å²) in [6.07, 6.45) is 4.07. The maximum Gasteiger partial charge on any atom is 0.303 e. The molecule has 1 heterocycles. The lowest BCUT2D eigenvalue weighted by Gasteiger charge is -2.37. The SMILES string of the molecule is C=CCN(C)C[C@@H]1C[C@H](c2ccc(CO)cc2)O[C@H](c2cccc(NC(=O)CCCCCC(=O)O)c2)O1. The Morgan fingerprint density at radius 3 is 2.54 bits per heavy atom. The second-order valence-corrected chi connectivity index (χ2v) is 9.49. The maximum atomic E-state index is 12.4. The number of hydrogen-bond donors (Lipinski definition) is 3. The number of rotatable bonds is 14. The number of hydrogen-bond acceptors (Lipinski definition) is 6. The summed E-state index contributed by atoms with van der Waals surface area (Å²) in [5, 5.41) is 21.0. The van der Waals surface area contributed by atoms with Gasteiger partial charge in [-0.2, -0.15) is 0 Å². The molecule has 2 aromatic carbocycles. The van der Waals surface area contributed by atoms with Crippen LogP contribution in [-0.4, -0.2) is 53.2 Å². The third-order valence-corrected chi connectivity index (χ3v) is 6.31. The lowest BCUT2D eigenvalue weighted by Crippen LogP contribution is -2.37. The highest BCUT2D eigenvalue weighted by molar-refractivity contribution is 5.90. The number of benzene rings is 2. The van der Waals surface area contributed by atoms with Crippen LogP contribution in [0.1, 0.15) is 67.6 Å². The van der Waals surface area contributed by atoms with Gasteiger partial charge in [-0.25, -0.2) is 0 Å². The van der Waals surface area contributed by atoms with E-state index in [1.165, 1.54) is 0 Å². The van der Waals surface area contributed by atoms with Crippen molar-refractivity contribution in [3.8, 4) is 0 Å². The van der Waals surface area contributed by atoms with Gasteiger partial charge in [0.1, 0.15) is 0 Å². The molecule has 1 amide bonds. The van der Waals surface area contributed by atoms with E-state index in [1.807, 2.05) is 61.7 Å². The number of ether oxygens (including phenoxy) is 2. The third kappa shape index (κ3) is 9.40. The molecule has 0 bridgehead atoms. The first-order chi connectivity index (χ1) is 17.9. The molecule has 2 aromatic rings. The second kappa shape index (κ2) is 14.6. The number of nitrogens with one attached hydrogen (secondary N) is 1. The summed E-state index contributed by atoms with van der Waals surface area (Å²) in [6.45, 7) is 5.28. The lowest BCUT2D eigenvalue weighted by atomic mass is 9.99. The van der Waals surface area contributed by atoms with E-state index in [1.54, 1.807) is 0 Å². The normalized spacial score (nSPS) is 19.5. The van der Waals surface area contributed by atoms with E-state index >= 15 is 0 Å². The van der Waals surface area contributed by atoms with Crippen molar-refractivity contribution in [2.75, 3.05) is 25.5 Å². The summed E-state index contributed by atoms with van der Waals surface area (Å²) in [5.41, 5.74) is 3.34. The number of carboxylic acid groups (broad SMARTS) is 1. The number of amides is 1. The zero-order valence-corrected chi connectivity index (χ0v) is 21.5. The Morgan fingerprint density at radius 2 is 1.84 bits per heavy atom. The van der Waals surface area contributed by atoms with Crippen molar-refractivity contribution < 1.29 is 29.3 Å². The van der Waals surface area contributed by atoms with Crippen LogP contribution in [0, 0.1) is 0 Å². The maximum absolute atomic E-state index is 12.4. The monoisotopic (exact) mass is 510 g/mol. The van der Waals surface area contributed by atoms with Gasteiger partial charge in [-0.1, -0.05) is 48.9 Å². The standard InChI is InChI=1S/C29H38N2O6/c1-3-16-31(2)19-25-18-26(22-14-12-21(20-32)13-15-22)37-29(36-25)23-8-7-9-24(17-23)30-27(33)10-5-4-6-11-28(34)35/h3,7-9,12-15,17,25-26,29,32H,1,4-6,10-11,16,18-20H2,2H3,(H,30,33)(H,34,35)/t25-,26+,29+/m0/s1. The fraction of sp³-hybridized carbons (Fsp3) is 0.448. The van der Waals surface area contributed by atoms with Crippen LogP contribution < -0.4 is 5.32 Å². The van der Waals surface area contributed by atoms with E-state index in [-0.39, 0.29) is 31.1 Å². The van der Waals surface area contributed by atoms with Gasteiger partial charge in [0.05, 0.1) is 18.8 Å². The van der Waals surface area contributed by atoms with Crippen molar-refractivity contribution >= 4 is 17.6 Å². The van der Waals surface area contributed by atoms with E-state index in [9.17, 15) is 14.7 Å². The molecule has 1 fully saturated rings. The van der Waals surface area contributed by atoms with Crippen molar-refractivity contribution in [3.05, 3.63) is 77.9 Å². The molecule has 0 radical (unpaired) electrons. The number of unbranched alkanes of at least 4 members (excludes halogenated alkanes) is 2. The first kappa shape index (κ1) is 28.5. The predicted molar refractivity (Wildman–Crippen MR) is 142 cm³/mol. The van der Waals surface area contributed by atoms with Crippen LogP contribution in [-0.2, 0) is 25.7 Å². The van der Waals surface area contributed by atoms with Crippen LogP contribution in [0.4, 0.5) is 5.69 Å². The molecule has 8 nitrogen and oxygen atoms in total. The zero-order chi connectivity index (χ0) is 26.6. The molecule has 0 spiro atoms. The number of aliphatic hydroxyl groups is 1. The van der Waals surface area contributed by atoms with E-state index in [4.69, 9.17) is 14.6 Å². The molecule has 3 N–H and O–H groups in total. The number of nitrogens with zero attached hydrogens (tertiary/aromatic N) is 1. The van der Waals surface area contributed by atoms with Crippen molar-refractivity contribution in [1.29, 1.82) is 0 Å². The van der Waals surface area contributed by atoms with E-state index in [2.05, 4.69) is 16.8 Å². The topological polar surface area (TPSA) is 108 Å². The predicted octanol–water partition coefficient (Wildman–Crippen LogP) is 4.82. The Hall–Kier alpha value is -3.04. The van der Waals surface area contributed by atoms with Gasteiger partial charge in [0.15, 0.2) is 6.29 Å². The average Bonchev–Trinajstić information content (AvgIpc) is 2.88. The smallest absolute Gasteiger partial charge is 0.303 e. The summed E-state index contributed by atoms with van der Waals surface area (Å²) < 4.78 is 12.7. The number of carbonyl (C=O) groups is 2. The van der Waals surface area contributed by atoms with Crippen molar-refractivity contribution in [3.63, 3.8) is 0 Å². The number of aliphatic carboxylic acids is 1. The highest BCUT2D eigenvalue weighted by Crippen LogP contribution is 2.38. The molecular weight excluding hydrogens is 472 g/mol. The molecule has 37 heavy (non-hydrogen) atoms. The highest BCUT2D eigenvalue weighted by Gasteiger charge is 2.32. The number of carbonyl (C=O) groups excluding carboxylic acids is 1. The summed E-state index contributed by atoms with van der Waals surface area (Å²) in [4.78, 5) is 25.2. The average molecular weight is 511 g/mol. The largest absolute Gasteiger partial charge is 0.481 e. The lowest BCUT2D eigenvalue weighted by molar-refractivity contribution is -0.252. The van der Waals surface area contributed by atoms with Gasteiger partial charge in [-0.05, 0) is 43.1 Å². The molecule has 200 valence electrons. The Morgan fingerprint density at radius 1 is 1.08 bits per heavy atom. The van der Waals surface area contributed by atoms with Crippen LogP contribution in [0.2, 0.25) is 0 Å². The summed E-state index contributed by atoms with van der Waals surface area (Å²) in [5.74, 6) is -0.920. The van der Waals surface area contributed by atoms with E-state index in [0.29, 0.717) is 37.8 Å². The Labute approximate surface area is 218 Å². The molecule has 3 rings (SSSR count). The first-order valence-corrected chi connectivity index (χ1v) is 12.8. The number of aliphatic hydroxyl groups excluding tert-OH is 1. The molecule has 0 saturated carbocycles. The Balaban J connectivity index is 1.68. The fourth-order valence-electron chi connectivity index (χ4n) is 4.40. The van der Waals surface area contributed by atoms with Crippen LogP contribution in [0.5, 0.6) is 0 Å². The number of likely N-dealkylation sites (N-methyl/N-ethyl adjacent to an activating group) is 1. The van der Waals surface area contributed by atoms with Crippen molar-refractivity contribution in [1.82, 2.24) is 4.90 Å². The molecule has 3 atom stereocenters. The Bertz CT molecular complexity index is 1030. The first-order valence-electron chi connectivity index (χ1n) is 12.8. The minimum Gasteiger partial charge on any atom is -0.481 e. The van der Waals surface area contributed by atoms with Crippen LogP contribution in [0.15, 0.2) is 61.2 Å².